The Morgan fingerprint density at radius 1 is 1.18 bits per heavy atom. The molecule has 1 aliphatic rings. The van der Waals surface area contributed by atoms with Crippen LogP contribution in [0.25, 0.3) is 0 Å². The van der Waals surface area contributed by atoms with Crippen LogP contribution in [0.1, 0.15) is 27.7 Å². The van der Waals surface area contributed by atoms with E-state index in [0.717, 1.165) is 13.1 Å². The van der Waals surface area contributed by atoms with Crippen molar-refractivity contribution in [3.63, 3.8) is 0 Å². The van der Waals surface area contributed by atoms with Gasteiger partial charge in [0.25, 0.3) is 0 Å². The molecule has 102 valence electrons. The summed E-state index contributed by atoms with van der Waals surface area (Å²) in [6.07, 6.45) is 0. The highest BCUT2D eigenvalue weighted by atomic mass is 35.5. The zero-order valence-corrected chi connectivity index (χ0v) is 12.7. The molecule has 0 bridgehead atoms. The second-order valence-electron chi connectivity index (χ2n) is 5.57. The molecule has 1 aliphatic heterocycles. The van der Waals surface area contributed by atoms with E-state index in [0.29, 0.717) is 13.1 Å². The molecule has 0 radical (unpaired) electrons. The molecule has 1 unspecified atom stereocenters. The number of rotatable bonds is 3. The first-order valence-electron chi connectivity index (χ1n) is 5.99. The van der Waals surface area contributed by atoms with Gasteiger partial charge in [0.2, 0.25) is 10.0 Å². The zero-order valence-electron chi connectivity index (χ0n) is 11.1. The van der Waals surface area contributed by atoms with Crippen LogP contribution in [-0.4, -0.2) is 60.5 Å². The summed E-state index contributed by atoms with van der Waals surface area (Å²) in [5.41, 5.74) is 0.105. The molecule has 0 aromatic heterocycles. The van der Waals surface area contributed by atoms with Crippen molar-refractivity contribution in [2.75, 3.05) is 32.1 Å². The third kappa shape index (κ3) is 3.56. The molecule has 1 saturated heterocycles. The highest BCUT2D eigenvalue weighted by molar-refractivity contribution is 7.89. The Bertz CT molecular complexity index is 343. The summed E-state index contributed by atoms with van der Waals surface area (Å²) in [5.74, 6) is 0.155. The number of piperazine rings is 1. The predicted molar refractivity (Wildman–Crippen MR) is 72.0 cm³/mol. The number of sulfonamides is 1. The lowest BCUT2D eigenvalue weighted by molar-refractivity contribution is 0.0919. The van der Waals surface area contributed by atoms with E-state index in [1.54, 1.807) is 11.2 Å². The van der Waals surface area contributed by atoms with Gasteiger partial charge in [-0.15, -0.1) is 11.6 Å². The van der Waals surface area contributed by atoms with Crippen LogP contribution in [0, 0.1) is 0 Å². The van der Waals surface area contributed by atoms with Crippen LogP contribution < -0.4 is 0 Å². The average molecular weight is 283 g/mol. The first kappa shape index (κ1) is 15.2. The van der Waals surface area contributed by atoms with Crippen molar-refractivity contribution in [1.82, 2.24) is 9.21 Å². The Kier molecular flexibility index (Phi) is 4.86. The Balaban J connectivity index is 2.64. The van der Waals surface area contributed by atoms with Gasteiger partial charge in [-0.1, -0.05) is 0 Å². The fourth-order valence-corrected chi connectivity index (χ4v) is 3.77. The number of alkyl halides is 1. The molecule has 1 fully saturated rings. The molecule has 0 spiro atoms. The fraction of sp³-hybridized carbons (Fsp3) is 1.00. The molecule has 1 rings (SSSR count). The molecule has 17 heavy (non-hydrogen) atoms. The summed E-state index contributed by atoms with van der Waals surface area (Å²) in [6.45, 7) is 10.8. The number of nitrogens with zero attached hydrogens (tertiary/aromatic N) is 2. The van der Waals surface area contributed by atoms with E-state index < -0.39 is 15.3 Å². The lowest BCUT2D eigenvalue weighted by Crippen LogP contribution is -2.55. The maximum absolute atomic E-state index is 12.1. The topological polar surface area (TPSA) is 40.6 Å². The smallest absolute Gasteiger partial charge is 0.217 e. The van der Waals surface area contributed by atoms with E-state index in [9.17, 15) is 8.42 Å². The van der Waals surface area contributed by atoms with Crippen LogP contribution in [0.5, 0.6) is 0 Å². The minimum atomic E-state index is -3.21. The van der Waals surface area contributed by atoms with Crippen molar-refractivity contribution in [3.8, 4) is 0 Å². The second-order valence-corrected chi connectivity index (χ2v) is 8.23. The standard InChI is InChI=1S/C11H23ClN2O2S/c1-10(9-12)17(15,16)14-7-5-13(6-8-14)11(2,3)4/h10H,5-9H2,1-4H3. The Hall–Kier alpha value is 0.160. The number of halogens is 1. The van der Waals surface area contributed by atoms with Gasteiger partial charge in [0.05, 0.1) is 5.25 Å². The van der Waals surface area contributed by atoms with Gasteiger partial charge in [0, 0.05) is 37.6 Å². The SMILES string of the molecule is CC(CCl)S(=O)(=O)N1CCN(C(C)(C)C)CC1. The van der Waals surface area contributed by atoms with E-state index in [1.807, 2.05) is 0 Å². The van der Waals surface area contributed by atoms with Crippen LogP contribution in [0.3, 0.4) is 0 Å². The summed E-state index contributed by atoms with van der Waals surface area (Å²) in [4.78, 5) is 2.31. The Morgan fingerprint density at radius 2 is 1.65 bits per heavy atom. The van der Waals surface area contributed by atoms with Gasteiger partial charge in [0.15, 0.2) is 0 Å². The maximum atomic E-state index is 12.1. The molecule has 0 aromatic rings. The normalized spacial score (nSPS) is 22.6. The minimum absolute atomic E-state index is 0.105. The van der Waals surface area contributed by atoms with Crippen LogP contribution >= 0.6 is 11.6 Å². The highest BCUT2D eigenvalue weighted by Gasteiger charge is 2.33. The minimum Gasteiger partial charge on any atom is -0.296 e. The van der Waals surface area contributed by atoms with Crippen molar-refractivity contribution in [1.29, 1.82) is 0 Å². The maximum Gasteiger partial charge on any atom is 0.217 e. The summed E-state index contributed by atoms with van der Waals surface area (Å²) < 4.78 is 25.8. The van der Waals surface area contributed by atoms with Crippen LogP contribution in [0.15, 0.2) is 0 Å². The molecule has 0 saturated carbocycles. The molecule has 1 atom stereocenters. The Labute approximate surface area is 110 Å². The van der Waals surface area contributed by atoms with Crippen LogP contribution in [-0.2, 0) is 10.0 Å². The van der Waals surface area contributed by atoms with Gasteiger partial charge >= 0.3 is 0 Å². The van der Waals surface area contributed by atoms with E-state index in [1.165, 1.54) is 0 Å². The van der Waals surface area contributed by atoms with E-state index in [2.05, 4.69) is 25.7 Å². The van der Waals surface area contributed by atoms with Gasteiger partial charge in [-0.2, -0.15) is 4.31 Å². The van der Waals surface area contributed by atoms with Crippen LogP contribution in [0.4, 0.5) is 0 Å². The summed E-state index contributed by atoms with van der Waals surface area (Å²) >= 11 is 5.64. The number of hydrogen-bond donors (Lipinski definition) is 0. The first-order chi connectivity index (χ1) is 7.69. The van der Waals surface area contributed by atoms with Crippen LogP contribution in [0.2, 0.25) is 0 Å². The average Bonchev–Trinajstić information content (AvgIpc) is 2.27. The molecule has 4 nitrogen and oxygen atoms in total. The van der Waals surface area contributed by atoms with Gasteiger partial charge in [0.1, 0.15) is 0 Å². The summed E-state index contributed by atoms with van der Waals surface area (Å²) in [6, 6.07) is 0. The van der Waals surface area contributed by atoms with E-state index >= 15 is 0 Å². The molecule has 0 aliphatic carbocycles. The monoisotopic (exact) mass is 282 g/mol. The molecule has 0 aromatic carbocycles. The van der Waals surface area contributed by atoms with E-state index in [-0.39, 0.29) is 11.4 Å². The van der Waals surface area contributed by atoms with Gasteiger partial charge in [-0.05, 0) is 27.7 Å². The van der Waals surface area contributed by atoms with Crippen molar-refractivity contribution >= 4 is 21.6 Å². The van der Waals surface area contributed by atoms with E-state index in [4.69, 9.17) is 11.6 Å². The van der Waals surface area contributed by atoms with Crippen molar-refractivity contribution < 1.29 is 8.42 Å². The third-order valence-electron chi connectivity index (χ3n) is 3.27. The molecule has 0 N–H and O–H groups in total. The first-order valence-corrected chi connectivity index (χ1v) is 8.03. The summed E-state index contributed by atoms with van der Waals surface area (Å²) in [7, 11) is -3.21. The third-order valence-corrected chi connectivity index (χ3v) is 6.19. The van der Waals surface area contributed by atoms with Crippen molar-refractivity contribution in [3.05, 3.63) is 0 Å². The lowest BCUT2D eigenvalue weighted by atomic mass is 10.1. The Morgan fingerprint density at radius 3 is 2.00 bits per heavy atom. The largest absolute Gasteiger partial charge is 0.296 e. The fourth-order valence-electron chi connectivity index (χ4n) is 1.95. The van der Waals surface area contributed by atoms with Crippen molar-refractivity contribution in [2.45, 2.75) is 38.5 Å². The molecule has 1 heterocycles. The van der Waals surface area contributed by atoms with Gasteiger partial charge < -0.3 is 0 Å². The summed E-state index contributed by atoms with van der Waals surface area (Å²) in [5, 5.41) is -0.495. The number of hydrogen-bond acceptors (Lipinski definition) is 3. The molecule has 0 amide bonds. The van der Waals surface area contributed by atoms with Crippen molar-refractivity contribution in [2.24, 2.45) is 0 Å². The highest BCUT2D eigenvalue weighted by Crippen LogP contribution is 2.19. The zero-order chi connectivity index (χ0) is 13.3. The van der Waals surface area contributed by atoms with Gasteiger partial charge in [-0.25, -0.2) is 8.42 Å². The predicted octanol–water partition coefficient (Wildman–Crippen LogP) is 1.36. The second kappa shape index (κ2) is 5.43. The quantitative estimate of drug-likeness (QED) is 0.734. The lowest BCUT2D eigenvalue weighted by Gasteiger charge is -2.42. The molecule has 6 heteroatoms. The van der Waals surface area contributed by atoms with Gasteiger partial charge in [-0.3, -0.25) is 4.90 Å². The molecular weight excluding hydrogens is 260 g/mol. The molecular formula is C11H23ClN2O2S.